The van der Waals surface area contributed by atoms with Gasteiger partial charge in [0.2, 0.25) is 10.0 Å². The number of nitroso groups, excluding NO2 is 1. The third kappa shape index (κ3) is 2.35. The average Bonchev–Trinajstić information content (AvgIpc) is 2.15. The molecule has 0 fully saturated rings. The number of carboxylic acids is 1. The Morgan fingerprint density at radius 3 is 2.38 bits per heavy atom. The highest BCUT2D eigenvalue weighted by Gasteiger charge is 2.20. The minimum absolute atomic E-state index is 0.442. The van der Waals surface area contributed by atoms with Crippen LogP contribution < -0.4 is 5.14 Å². The van der Waals surface area contributed by atoms with Crippen molar-refractivity contribution in [1.29, 1.82) is 0 Å². The van der Waals surface area contributed by atoms with Gasteiger partial charge in [0.1, 0.15) is 10.6 Å². The molecule has 1 aromatic carbocycles. The zero-order valence-electron chi connectivity index (χ0n) is 7.55. The second-order valence-electron chi connectivity index (χ2n) is 2.75. The monoisotopic (exact) mass is 264 g/mol. The number of carboxylic acid groups (broad SMARTS) is 1. The Morgan fingerprint density at radius 2 is 2.00 bits per heavy atom. The summed E-state index contributed by atoms with van der Waals surface area (Å²) in [6.07, 6.45) is 0. The number of halogens is 1. The quantitative estimate of drug-likeness (QED) is 0.790. The number of benzene rings is 1. The Kier molecular flexibility index (Phi) is 3.27. The molecule has 0 aromatic heterocycles. The Bertz CT molecular complexity index is 568. The number of rotatable bonds is 3. The topological polar surface area (TPSA) is 127 Å². The summed E-state index contributed by atoms with van der Waals surface area (Å²) in [5.41, 5.74) is -0.936. The molecule has 0 saturated heterocycles. The van der Waals surface area contributed by atoms with Crippen molar-refractivity contribution in [2.45, 2.75) is 4.90 Å². The van der Waals surface area contributed by atoms with E-state index >= 15 is 0 Å². The molecule has 86 valence electrons. The van der Waals surface area contributed by atoms with Crippen LogP contribution in [0, 0.1) is 4.91 Å². The van der Waals surface area contributed by atoms with E-state index in [1.165, 1.54) is 0 Å². The van der Waals surface area contributed by atoms with Gasteiger partial charge in [0, 0.05) is 0 Å². The first kappa shape index (κ1) is 12.6. The number of primary sulfonamides is 1. The van der Waals surface area contributed by atoms with Gasteiger partial charge in [-0.25, -0.2) is 18.4 Å². The third-order valence-electron chi connectivity index (χ3n) is 1.67. The number of nitrogens with two attached hydrogens (primary N) is 1. The lowest BCUT2D eigenvalue weighted by Crippen LogP contribution is -2.14. The minimum atomic E-state index is -4.22. The van der Waals surface area contributed by atoms with Gasteiger partial charge >= 0.3 is 5.97 Å². The fourth-order valence-corrected chi connectivity index (χ4v) is 2.09. The Balaban J connectivity index is 3.68. The highest BCUT2D eigenvalue weighted by Crippen LogP contribution is 2.32. The van der Waals surface area contributed by atoms with Crippen LogP contribution >= 0.6 is 11.6 Å². The summed E-state index contributed by atoms with van der Waals surface area (Å²) < 4.78 is 22.1. The normalized spacial score (nSPS) is 11.1. The zero-order valence-corrected chi connectivity index (χ0v) is 9.12. The van der Waals surface area contributed by atoms with E-state index in [9.17, 15) is 18.1 Å². The van der Waals surface area contributed by atoms with Crippen LogP contribution in [0.1, 0.15) is 10.4 Å². The number of aromatic carboxylic acids is 1. The van der Waals surface area contributed by atoms with Crippen LogP contribution in [0.15, 0.2) is 22.2 Å². The first-order chi connectivity index (χ1) is 7.27. The van der Waals surface area contributed by atoms with Crippen LogP contribution in [0.5, 0.6) is 0 Å². The molecule has 0 spiro atoms. The molecule has 7 nitrogen and oxygen atoms in total. The fraction of sp³-hybridized carbons (Fsp3) is 0. The maximum Gasteiger partial charge on any atom is 0.335 e. The molecule has 0 unspecified atom stereocenters. The second kappa shape index (κ2) is 4.16. The standard InChI is InChI=1S/C7H5ClN2O5S/c8-6-4(10-13)1-3(7(11)12)2-5(6)16(9,14)15/h1-2H,(H,11,12)(H2,9,14,15). The summed E-state index contributed by atoms with van der Waals surface area (Å²) in [7, 11) is -4.22. The third-order valence-corrected chi connectivity index (χ3v) is 3.12. The molecule has 0 amide bonds. The molecule has 0 bridgehead atoms. The summed E-state index contributed by atoms with van der Waals surface area (Å²) in [4.78, 5) is 20.3. The Labute approximate surface area is 94.9 Å². The molecule has 16 heavy (non-hydrogen) atoms. The molecule has 3 N–H and O–H groups in total. The van der Waals surface area contributed by atoms with Crippen LogP contribution in [0.4, 0.5) is 5.69 Å². The van der Waals surface area contributed by atoms with Crippen molar-refractivity contribution in [3.05, 3.63) is 27.6 Å². The van der Waals surface area contributed by atoms with Crippen molar-refractivity contribution < 1.29 is 18.3 Å². The zero-order chi connectivity index (χ0) is 12.5. The van der Waals surface area contributed by atoms with Gasteiger partial charge in [0.15, 0.2) is 0 Å². The molecule has 0 atom stereocenters. The number of nitrogens with zero attached hydrogens (tertiary/aromatic N) is 1. The first-order valence-electron chi connectivity index (χ1n) is 3.70. The molecule has 1 rings (SSSR count). The first-order valence-corrected chi connectivity index (χ1v) is 5.63. The van der Waals surface area contributed by atoms with Crippen LogP contribution in [0.3, 0.4) is 0 Å². The molecule has 9 heteroatoms. The van der Waals surface area contributed by atoms with Crippen molar-refractivity contribution in [3.63, 3.8) is 0 Å². The smallest absolute Gasteiger partial charge is 0.335 e. The number of hydrogen-bond donors (Lipinski definition) is 2. The average molecular weight is 265 g/mol. The highest BCUT2D eigenvalue weighted by atomic mass is 35.5. The summed E-state index contributed by atoms with van der Waals surface area (Å²) in [5, 5.41) is 15.4. The molecular formula is C7H5ClN2O5S. The molecular weight excluding hydrogens is 260 g/mol. The van der Waals surface area contributed by atoms with E-state index in [0.717, 1.165) is 12.1 Å². The highest BCUT2D eigenvalue weighted by molar-refractivity contribution is 7.89. The van der Waals surface area contributed by atoms with Gasteiger partial charge in [-0.15, -0.1) is 4.91 Å². The molecule has 1 aromatic rings. The fourth-order valence-electron chi connectivity index (χ4n) is 0.980. The van der Waals surface area contributed by atoms with Gasteiger partial charge in [-0.05, 0) is 17.3 Å². The van der Waals surface area contributed by atoms with E-state index in [4.69, 9.17) is 21.8 Å². The lowest BCUT2D eigenvalue weighted by molar-refractivity contribution is 0.0696. The van der Waals surface area contributed by atoms with Gasteiger partial charge in [-0.1, -0.05) is 11.6 Å². The lowest BCUT2D eigenvalue weighted by Gasteiger charge is -2.04. The minimum Gasteiger partial charge on any atom is -0.478 e. The van der Waals surface area contributed by atoms with Gasteiger partial charge < -0.3 is 5.11 Å². The SMILES string of the molecule is NS(=O)(=O)c1cc(C(=O)O)cc(N=O)c1Cl. The molecule has 0 heterocycles. The largest absolute Gasteiger partial charge is 0.478 e. The predicted molar refractivity (Wildman–Crippen MR) is 55.2 cm³/mol. The summed E-state index contributed by atoms with van der Waals surface area (Å²) in [6, 6.07) is 1.61. The predicted octanol–water partition coefficient (Wildman–Crippen LogP) is 1.08. The van der Waals surface area contributed by atoms with Crippen molar-refractivity contribution in [2.24, 2.45) is 10.3 Å². The number of hydrogen-bond acceptors (Lipinski definition) is 5. The van der Waals surface area contributed by atoms with E-state index < -0.39 is 37.2 Å². The maximum absolute atomic E-state index is 11.1. The molecule has 0 radical (unpaired) electrons. The number of carbonyl (C=O) groups is 1. The second-order valence-corrected chi connectivity index (χ2v) is 4.66. The summed E-state index contributed by atoms with van der Waals surface area (Å²) in [5.74, 6) is -1.42. The van der Waals surface area contributed by atoms with Gasteiger partial charge in [0.05, 0.1) is 10.6 Å². The Morgan fingerprint density at radius 1 is 1.44 bits per heavy atom. The van der Waals surface area contributed by atoms with E-state index in [-0.39, 0.29) is 0 Å². The van der Waals surface area contributed by atoms with Crippen molar-refractivity contribution in [2.75, 3.05) is 0 Å². The van der Waals surface area contributed by atoms with Crippen LogP contribution in [0.25, 0.3) is 0 Å². The molecule has 0 aliphatic heterocycles. The van der Waals surface area contributed by atoms with Crippen LogP contribution in [-0.2, 0) is 10.0 Å². The van der Waals surface area contributed by atoms with E-state index in [1.807, 2.05) is 0 Å². The van der Waals surface area contributed by atoms with Crippen LogP contribution in [-0.4, -0.2) is 19.5 Å². The van der Waals surface area contributed by atoms with Crippen molar-refractivity contribution in [3.8, 4) is 0 Å². The van der Waals surface area contributed by atoms with E-state index in [1.54, 1.807) is 0 Å². The van der Waals surface area contributed by atoms with Crippen LogP contribution in [0.2, 0.25) is 5.02 Å². The van der Waals surface area contributed by atoms with Gasteiger partial charge in [-0.2, -0.15) is 0 Å². The van der Waals surface area contributed by atoms with Gasteiger partial charge in [-0.3, -0.25) is 0 Å². The number of sulfonamides is 1. The Hall–Kier alpha value is -1.51. The van der Waals surface area contributed by atoms with Gasteiger partial charge in [0.25, 0.3) is 0 Å². The molecule has 0 aliphatic carbocycles. The van der Waals surface area contributed by atoms with E-state index in [2.05, 4.69) is 5.18 Å². The summed E-state index contributed by atoms with van der Waals surface area (Å²) in [6.45, 7) is 0. The molecule has 0 aliphatic rings. The lowest BCUT2D eigenvalue weighted by atomic mass is 10.2. The van der Waals surface area contributed by atoms with E-state index in [0.29, 0.717) is 0 Å². The van der Waals surface area contributed by atoms with Crippen molar-refractivity contribution >= 4 is 33.3 Å². The summed E-state index contributed by atoms with van der Waals surface area (Å²) >= 11 is 5.52. The van der Waals surface area contributed by atoms with Crippen molar-refractivity contribution in [1.82, 2.24) is 0 Å². The molecule has 0 saturated carbocycles. The maximum atomic E-state index is 11.1.